The average Bonchev–Trinajstić information content (AvgIpc) is 3.42. The van der Waals surface area contributed by atoms with Gasteiger partial charge in [0.05, 0.1) is 17.7 Å². The minimum Gasteiger partial charge on any atom is -0.467 e. The molecule has 1 aliphatic rings. The average molecular weight is 497 g/mol. The van der Waals surface area contributed by atoms with Crippen molar-refractivity contribution in [3.8, 4) is 0 Å². The Balaban J connectivity index is 1.54. The predicted octanol–water partition coefficient (Wildman–Crippen LogP) is 4.69. The lowest BCUT2D eigenvalue weighted by Gasteiger charge is -2.35. The summed E-state index contributed by atoms with van der Waals surface area (Å²) in [7, 11) is -4.60. The van der Waals surface area contributed by atoms with Gasteiger partial charge in [0, 0.05) is 18.8 Å². The van der Waals surface area contributed by atoms with Crippen LogP contribution in [0, 0.1) is 11.8 Å². The first-order valence-electron chi connectivity index (χ1n) is 10.7. The highest BCUT2D eigenvalue weighted by Gasteiger charge is 2.28. The summed E-state index contributed by atoms with van der Waals surface area (Å²) in [6, 6.07) is 9.27. The molecule has 0 radical (unpaired) electrons. The Bertz CT molecular complexity index is 1150. The molecule has 0 bridgehead atoms. The number of halogens is 2. The number of piperidine rings is 1. The smallest absolute Gasteiger partial charge is 0.341 e. The minimum absolute atomic E-state index is 0.386. The zero-order valence-corrected chi connectivity index (χ0v) is 20.0. The van der Waals surface area contributed by atoms with E-state index >= 15 is 0 Å². The number of sulfone groups is 1. The van der Waals surface area contributed by atoms with Crippen LogP contribution in [0.5, 0.6) is 0 Å². The number of thioether (sulfide) groups is 1. The van der Waals surface area contributed by atoms with Crippen LogP contribution in [0.25, 0.3) is 0 Å². The van der Waals surface area contributed by atoms with Crippen LogP contribution >= 0.6 is 11.8 Å². The SMILES string of the molecule is CC1CC(C)CN(c2nnc(SCc3ccc(S(=O)(=O)C(F)F)cc3)n2Cc2ccco2)C1. The first kappa shape index (κ1) is 23.7. The molecule has 7 nitrogen and oxygen atoms in total. The Morgan fingerprint density at radius 2 is 1.82 bits per heavy atom. The van der Waals surface area contributed by atoms with E-state index in [4.69, 9.17) is 4.42 Å². The summed E-state index contributed by atoms with van der Waals surface area (Å²) in [5.74, 6) is -0.249. The van der Waals surface area contributed by atoms with E-state index in [2.05, 4.69) is 28.9 Å². The second-order valence-corrected chi connectivity index (χ2v) is 11.4. The van der Waals surface area contributed by atoms with Crippen LogP contribution in [-0.2, 0) is 22.1 Å². The number of alkyl halides is 2. The van der Waals surface area contributed by atoms with Gasteiger partial charge in [-0.2, -0.15) is 8.78 Å². The van der Waals surface area contributed by atoms with E-state index in [1.54, 1.807) is 18.4 Å². The number of nitrogens with zero attached hydrogens (tertiary/aromatic N) is 4. The molecule has 3 aromatic rings. The molecule has 0 saturated carbocycles. The molecule has 0 spiro atoms. The number of hydrogen-bond acceptors (Lipinski definition) is 7. The van der Waals surface area contributed by atoms with Crippen molar-refractivity contribution in [2.75, 3.05) is 18.0 Å². The molecule has 33 heavy (non-hydrogen) atoms. The topological polar surface area (TPSA) is 81.2 Å². The van der Waals surface area contributed by atoms with Crippen molar-refractivity contribution in [2.24, 2.45) is 11.8 Å². The normalized spacial score (nSPS) is 19.4. The van der Waals surface area contributed by atoms with Crippen molar-refractivity contribution in [1.29, 1.82) is 0 Å². The van der Waals surface area contributed by atoms with E-state index in [1.807, 2.05) is 16.7 Å². The summed E-state index contributed by atoms with van der Waals surface area (Å²) in [4.78, 5) is 1.88. The summed E-state index contributed by atoms with van der Waals surface area (Å²) in [5, 5.41) is 9.60. The zero-order valence-electron chi connectivity index (χ0n) is 18.4. The maximum atomic E-state index is 12.8. The van der Waals surface area contributed by atoms with Gasteiger partial charge in [0.25, 0.3) is 0 Å². The van der Waals surface area contributed by atoms with Gasteiger partial charge in [0.1, 0.15) is 5.76 Å². The summed E-state index contributed by atoms with van der Waals surface area (Å²) >= 11 is 1.45. The van der Waals surface area contributed by atoms with Gasteiger partial charge in [-0.25, -0.2) is 8.42 Å². The number of hydrogen-bond donors (Lipinski definition) is 0. The number of aromatic nitrogens is 3. The Hall–Kier alpha value is -2.40. The third-order valence-corrected chi connectivity index (χ3v) is 8.03. The minimum atomic E-state index is -4.60. The Morgan fingerprint density at radius 3 is 2.42 bits per heavy atom. The number of rotatable bonds is 8. The molecule has 2 unspecified atom stereocenters. The van der Waals surface area contributed by atoms with Crippen LogP contribution < -0.4 is 4.90 Å². The molecule has 0 N–H and O–H groups in total. The summed E-state index contributed by atoms with van der Waals surface area (Å²) in [6.07, 6.45) is 2.81. The second-order valence-electron chi connectivity index (χ2n) is 8.54. The molecule has 2 aromatic heterocycles. The fourth-order valence-corrected chi connectivity index (χ4v) is 5.78. The Labute approximate surface area is 196 Å². The lowest BCUT2D eigenvalue weighted by atomic mass is 9.92. The molecule has 1 saturated heterocycles. The van der Waals surface area contributed by atoms with Gasteiger partial charge in [-0.15, -0.1) is 10.2 Å². The van der Waals surface area contributed by atoms with Gasteiger partial charge in [-0.1, -0.05) is 37.7 Å². The van der Waals surface area contributed by atoms with Gasteiger partial charge in [0.2, 0.25) is 15.8 Å². The predicted molar refractivity (Wildman–Crippen MR) is 122 cm³/mol. The maximum Gasteiger partial charge on any atom is 0.341 e. The summed E-state index contributed by atoms with van der Waals surface area (Å²) < 4.78 is 56.3. The van der Waals surface area contributed by atoms with Gasteiger partial charge in [-0.3, -0.25) is 4.57 Å². The van der Waals surface area contributed by atoms with Crippen LogP contribution in [-0.4, -0.2) is 42.0 Å². The molecule has 3 heterocycles. The lowest BCUT2D eigenvalue weighted by Crippen LogP contribution is -2.40. The van der Waals surface area contributed by atoms with Crippen molar-refractivity contribution >= 4 is 27.5 Å². The van der Waals surface area contributed by atoms with Gasteiger partial charge < -0.3 is 9.32 Å². The fourth-order valence-electron chi connectivity index (χ4n) is 4.17. The van der Waals surface area contributed by atoms with Crippen molar-refractivity contribution in [1.82, 2.24) is 14.8 Å². The van der Waals surface area contributed by atoms with Gasteiger partial charge >= 0.3 is 5.76 Å². The molecule has 4 rings (SSSR count). The molecule has 0 aliphatic carbocycles. The zero-order chi connectivity index (χ0) is 23.6. The molecule has 2 atom stereocenters. The standard InChI is InChI=1S/C22H26F2N4O3S2/c1-15-10-16(2)12-27(11-15)21-25-26-22(28(21)13-18-4-3-9-31-18)32-14-17-5-7-19(8-6-17)33(29,30)20(23)24/h3-9,15-16,20H,10-14H2,1-2H3. The quantitative estimate of drug-likeness (QED) is 0.419. The number of benzene rings is 1. The molecule has 1 aliphatic heterocycles. The third kappa shape index (κ3) is 5.40. The van der Waals surface area contributed by atoms with Crippen LogP contribution in [0.2, 0.25) is 0 Å². The van der Waals surface area contributed by atoms with E-state index in [0.717, 1.165) is 30.4 Å². The highest BCUT2D eigenvalue weighted by molar-refractivity contribution is 7.98. The van der Waals surface area contributed by atoms with Crippen LogP contribution in [0.15, 0.2) is 57.1 Å². The number of anilines is 1. The first-order chi connectivity index (χ1) is 15.7. The lowest BCUT2D eigenvalue weighted by molar-refractivity contribution is 0.234. The van der Waals surface area contributed by atoms with Crippen molar-refractivity contribution in [2.45, 2.75) is 48.4 Å². The molecular formula is C22H26F2N4O3S2. The van der Waals surface area contributed by atoms with E-state index in [1.165, 1.54) is 30.3 Å². The van der Waals surface area contributed by atoms with Crippen LogP contribution in [0.4, 0.5) is 14.7 Å². The first-order valence-corrected chi connectivity index (χ1v) is 13.2. The third-order valence-electron chi connectivity index (χ3n) is 5.60. The fraction of sp³-hybridized carbons (Fsp3) is 0.455. The van der Waals surface area contributed by atoms with Crippen molar-refractivity contribution in [3.05, 3.63) is 54.0 Å². The summed E-state index contributed by atoms with van der Waals surface area (Å²) in [6.45, 7) is 6.78. The highest BCUT2D eigenvalue weighted by atomic mass is 32.2. The monoisotopic (exact) mass is 496 g/mol. The van der Waals surface area contributed by atoms with E-state index in [0.29, 0.717) is 29.3 Å². The molecule has 178 valence electrons. The van der Waals surface area contributed by atoms with Crippen LogP contribution in [0.3, 0.4) is 0 Å². The summed E-state index contributed by atoms with van der Waals surface area (Å²) in [5.41, 5.74) is 0.794. The molecule has 1 fully saturated rings. The highest BCUT2D eigenvalue weighted by Crippen LogP contribution is 2.30. The molecular weight excluding hydrogens is 470 g/mol. The maximum absolute atomic E-state index is 12.8. The van der Waals surface area contributed by atoms with E-state index in [9.17, 15) is 17.2 Å². The van der Waals surface area contributed by atoms with E-state index < -0.39 is 15.6 Å². The molecule has 0 amide bonds. The molecule has 1 aromatic carbocycles. The number of furan rings is 1. The second kappa shape index (κ2) is 9.84. The van der Waals surface area contributed by atoms with E-state index in [-0.39, 0.29) is 4.90 Å². The van der Waals surface area contributed by atoms with Gasteiger partial charge in [-0.05, 0) is 48.1 Å². The Kier molecular flexibility index (Phi) is 7.08. The van der Waals surface area contributed by atoms with Crippen molar-refractivity contribution < 1.29 is 21.6 Å². The molecule has 11 heteroatoms. The largest absolute Gasteiger partial charge is 0.467 e. The Morgan fingerprint density at radius 1 is 1.12 bits per heavy atom. The van der Waals surface area contributed by atoms with Crippen molar-refractivity contribution in [3.63, 3.8) is 0 Å². The van der Waals surface area contributed by atoms with Gasteiger partial charge in [0.15, 0.2) is 5.16 Å². The van der Waals surface area contributed by atoms with Crippen LogP contribution in [0.1, 0.15) is 31.6 Å².